The second-order valence-corrected chi connectivity index (χ2v) is 5.76. The molecule has 132 valence electrons. The lowest BCUT2D eigenvalue weighted by Gasteiger charge is -2.12. The second-order valence-electron chi connectivity index (χ2n) is 5.35. The minimum Gasteiger partial charge on any atom is -0.480 e. The molecule has 0 atom stereocenters. The topological polar surface area (TPSA) is 117 Å². The molecule has 8 heteroatoms. The molecule has 3 aromatic rings. The SMILES string of the molecule is O=C(O)CNC(=O)c1c(O)oc(=O)c2cccc(-c3ccccc3Cl)c12. The number of aliphatic carboxylic acids is 1. The average Bonchev–Trinajstić information content (AvgIpc) is 2.60. The molecule has 3 N–H and O–H groups in total. The van der Waals surface area contributed by atoms with Gasteiger partial charge in [-0.05, 0) is 17.7 Å². The number of hydrogen-bond acceptors (Lipinski definition) is 5. The van der Waals surface area contributed by atoms with Crippen LogP contribution in [0, 0.1) is 0 Å². The fraction of sp³-hybridized carbons (Fsp3) is 0.0556. The molecule has 0 saturated heterocycles. The van der Waals surface area contributed by atoms with E-state index in [-0.39, 0.29) is 16.3 Å². The smallest absolute Gasteiger partial charge is 0.346 e. The maximum atomic E-state index is 12.4. The number of aromatic hydroxyl groups is 1. The number of carbonyl (C=O) groups is 2. The van der Waals surface area contributed by atoms with Gasteiger partial charge in [0.1, 0.15) is 12.1 Å². The standard InChI is InChI=1S/C18H12ClNO6/c19-12-7-2-1-4-9(12)10-5-3-6-11-14(10)15(18(25)26-17(11)24)16(23)20-8-13(21)22/h1-7,25H,8H2,(H,20,23)(H,21,22). The molecule has 2 aromatic carbocycles. The lowest BCUT2D eigenvalue weighted by molar-refractivity contribution is -0.135. The number of amides is 1. The number of halogens is 1. The third-order valence-electron chi connectivity index (χ3n) is 3.73. The highest BCUT2D eigenvalue weighted by Crippen LogP contribution is 2.36. The molecule has 0 unspecified atom stereocenters. The molecule has 0 bridgehead atoms. The summed E-state index contributed by atoms with van der Waals surface area (Å²) >= 11 is 6.23. The first-order chi connectivity index (χ1) is 12.4. The largest absolute Gasteiger partial charge is 0.480 e. The third kappa shape index (κ3) is 3.12. The van der Waals surface area contributed by atoms with Gasteiger partial charge in [-0.15, -0.1) is 0 Å². The zero-order valence-corrected chi connectivity index (χ0v) is 13.9. The predicted molar refractivity (Wildman–Crippen MR) is 94.6 cm³/mol. The van der Waals surface area contributed by atoms with Crippen LogP contribution in [0.4, 0.5) is 0 Å². The molecule has 1 aromatic heterocycles. The molecule has 0 aliphatic carbocycles. The molecule has 3 rings (SSSR count). The zero-order valence-electron chi connectivity index (χ0n) is 13.2. The van der Waals surface area contributed by atoms with E-state index in [0.717, 1.165) is 0 Å². The van der Waals surface area contributed by atoms with Crippen molar-refractivity contribution < 1.29 is 24.2 Å². The van der Waals surface area contributed by atoms with Gasteiger partial charge in [0, 0.05) is 16.0 Å². The summed E-state index contributed by atoms with van der Waals surface area (Å²) in [6, 6.07) is 11.5. The number of nitrogens with one attached hydrogen (secondary N) is 1. The van der Waals surface area contributed by atoms with Crippen LogP contribution in [0.25, 0.3) is 21.9 Å². The van der Waals surface area contributed by atoms with Crippen molar-refractivity contribution in [3.8, 4) is 17.1 Å². The summed E-state index contributed by atoms with van der Waals surface area (Å²) in [7, 11) is 0. The fourth-order valence-electron chi connectivity index (χ4n) is 2.65. The summed E-state index contributed by atoms with van der Waals surface area (Å²) in [6.45, 7) is -0.660. The first-order valence-corrected chi connectivity index (χ1v) is 7.81. The Morgan fingerprint density at radius 2 is 1.77 bits per heavy atom. The Kier molecular flexibility index (Phi) is 4.64. The molecule has 26 heavy (non-hydrogen) atoms. The van der Waals surface area contributed by atoms with E-state index < -0.39 is 30.0 Å². The van der Waals surface area contributed by atoms with Crippen LogP contribution in [0.15, 0.2) is 51.7 Å². The van der Waals surface area contributed by atoms with Crippen molar-refractivity contribution in [2.24, 2.45) is 0 Å². The molecule has 1 heterocycles. The molecular formula is C18H12ClNO6. The van der Waals surface area contributed by atoms with E-state index >= 15 is 0 Å². The van der Waals surface area contributed by atoms with Crippen LogP contribution in [0.3, 0.4) is 0 Å². The van der Waals surface area contributed by atoms with E-state index in [1.807, 2.05) is 0 Å². The van der Waals surface area contributed by atoms with Crippen molar-refractivity contribution in [1.82, 2.24) is 5.32 Å². The van der Waals surface area contributed by atoms with Crippen LogP contribution in [0.2, 0.25) is 5.02 Å². The maximum Gasteiger partial charge on any atom is 0.346 e. The lowest BCUT2D eigenvalue weighted by atomic mass is 9.96. The van der Waals surface area contributed by atoms with Gasteiger partial charge >= 0.3 is 11.6 Å². The van der Waals surface area contributed by atoms with Crippen molar-refractivity contribution in [3.05, 3.63) is 63.5 Å². The number of rotatable bonds is 4. The summed E-state index contributed by atoms with van der Waals surface area (Å²) in [5.74, 6) is -3.05. The molecule has 7 nitrogen and oxygen atoms in total. The first kappa shape index (κ1) is 17.5. The van der Waals surface area contributed by atoms with Crippen molar-refractivity contribution in [2.75, 3.05) is 6.54 Å². The van der Waals surface area contributed by atoms with E-state index in [9.17, 15) is 19.5 Å². The Hall–Kier alpha value is -3.32. The van der Waals surface area contributed by atoms with Crippen molar-refractivity contribution >= 4 is 34.2 Å². The minimum absolute atomic E-state index is 0.0562. The Morgan fingerprint density at radius 3 is 2.46 bits per heavy atom. The molecule has 0 fully saturated rings. The van der Waals surface area contributed by atoms with Gasteiger partial charge in [-0.1, -0.05) is 41.9 Å². The van der Waals surface area contributed by atoms with E-state index in [1.165, 1.54) is 6.07 Å². The summed E-state index contributed by atoms with van der Waals surface area (Å²) in [6.07, 6.45) is 0. The van der Waals surface area contributed by atoms with Crippen LogP contribution in [-0.4, -0.2) is 28.6 Å². The number of benzene rings is 2. The van der Waals surface area contributed by atoms with Gasteiger partial charge in [0.25, 0.3) is 11.9 Å². The summed E-state index contributed by atoms with van der Waals surface area (Å²) in [5.41, 5.74) is -0.202. The molecule has 0 aliphatic rings. The Morgan fingerprint density at radius 1 is 1.08 bits per heavy atom. The van der Waals surface area contributed by atoms with E-state index in [4.69, 9.17) is 21.1 Å². The first-order valence-electron chi connectivity index (χ1n) is 7.44. The van der Waals surface area contributed by atoms with Crippen LogP contribution in [0.5, 0.6) is 5.95 Å². The Bertz CT molecular complexity index is 1090. The third-order valence-corrected chi connectivity index (χ3v) is 4.06. The average molecular weight is 374 g/mol. The highest BCUT2D eigenvalue weighted by Gasteiger charge is 2.23. The van der Waals surface area contributed by atoms with Crippen LogP contribution >= 0.6 is 11.6 Å². The van der Waals surface area contributed by atoms with Gasteiger partial charge < -0.3 is 19.9 Å². The van der Waals surface area contributed by atoms with E-state index in [2.05, 4.69) is 5.32 Å². The number of carboxylic acid groups (broad SMARTS) is 1. The van der Waals surface area contributed by atoms with Gasteiger partial charge in [-0.3, -0.25) is 9.59 Å². The molecule has 1 amide bonds. The number of hydrogen-bond donors (Lipinski definition) is 3. The van der Waals surface area contributed by atoms with Gasteiger partial charge in [0.2, 0.25) is 0 Å². The quantitative estimate of drug-likeness (QED) is 0.647. The Balaban J connectivity index is 2.34. The molecule has 0 radical (unpaired) electrons. The minimum atomic E-state index is -1.26. The van der Waals surface area contributed by atoms with Gasteiger partial charge in [0.15, 0.2) is 0 Å². The second kappa shape index (κ2) is 6.89. The molecule has 0 aliphatic heterocycles. The normalized spacial score (nSPS) is 10.7. The monoisotopic (exact) mass is 373 g/mol. The molecular weight excluding hydrogens is 362 g/mol. The fourth-order valence-corrected chi connectivity index (χ4v) is 2.89. The highest BCUT2D eigenvalue weighted by atomic mass is 35.5. The predicted octanol–water partition coefficient (Wildman–Crippen LogP) is 2.63. The van der Waals surface area contributed by atoms with Gasteiger partial charge in [0.05, 0.1) is 5.39 Å². The maximum absolute atomic E-state index is 12.4. The van der Waals surface area contributed by atoms with Crippen LogP contribution < -0.4 is 10.9 Å². The Labute approximate surface area is 151 Å². The van der Waals surface area contributed by atoms with Gasteiger partial charge in [-0.25, -0.2) is 4.79 Å². The van der Waals surface area contributed by atoms with E-state index in [1.54, 1.807) is 36.4 Å². The van der Waals surface area contributed by atoms with Crippen molar-refractivity contribution in [3.63, 3.8) is 0 Å². The van der Waals surface area contributed by atoms with Gasteiger partial charge in [-0.2, -0.15) is 0 Å². The summed E-state index contributed by atoms with van der Waals surface area (Å²) in [4.78, 5) is 35.3. The zero-order chi connectivity index (χ0) is 18.8. The molecule has 0 saturated carbocycles. The van der Waals surface area contributed by atoms with Crippen molar-refractivity contribution in [1.29, 1.82) is 0 Å². The van der Waals surface area contributed by atoms with Crippen LogP contribution in [0.1, 0.15) is 10.4 Å². The summed E-state index contributed by atoms with van der Waals surface area (Å²) < 4.78 is 4.73. The van der Waals surface area contributed by atoms with Crippen LogP contribution in [-0.2, 0) is 4.79 Å². The number of carbonyl (C=O) groups excluding carboxylic acids is 1. The summed E-state index contributed by atoms with van der Waals surface area (Å²) in [5, 5.41) is 21.5. The lowest BCUT2D eigenvalue weighted by Crippen LogP contribution is -2.29. The highest BCUT2D eigenvalue weighted by molar-refractivity contribution is 6.34. The van der Waals surface area contributed by atoms with E-state index in [0.29, 0.717) is 16.1 Å². The van der Waals surface area contributed by atoms with Crippen molar-refractivity contribution in [2.45, 2.75) is 0 Å². The number of fused-ring (bicyclic) bond motifs is 1. The molecule has 0 spiro atoms. The number of carboxylic acids is 1.